The van der Waals surface area contributed by atoms with Gasteiger partial charge in [0.05, 0.1) is 37.7 Å². The van der Waals surface area contributed by atoms with E-state index in [1.165, 1.54) is 0 Å². The van der Waals surface area contributed by atoms with Crippen LogP contribution in [0, 0.1) is 6.92 Å². The van der Waals surface area contributed by atoms with Gasteiger partial charge in [-0.25, -0.2) is 0 Å². The minimum Gasteiger partial charge on any atom is -0.493 e. The molecule has 1 atom stereocenters. The summed E-state index contributed by atoms with van der Waals surface area (Å²) in [6.45, 7) is 3.04. The van der Waals surface area contributed by atoms with Crippen LogP contribution in [-0.2, 0) is 11.3 Å². The van der Waals surface area contributed by atoms with Gasteiger partial charge < -0.3 is 25.2 Å². The lowest BCUT2D eigenvalue weighted by Crippen LogP contribution is -2.33. The number of hydrogen-bond donors (Lipinski definition) is 3. The lowest BCUT2D eigenvalue weighted by Gasteiger charge is -2.23. The summed E-state index contributed by atoms with van der Waals surface area (Å²) >= 11 is 7.96. The number of hydrogen-bond acceptors (Lipinski definition) is 7. The van der Waals surface area contributed by atoms with Gasteiger partial charge in [0.25, 0.3) is 5.91 Å². The van der Waals surface area contributed by atoms with Gasteiger partial charge in [0.1, 0.15) is 5.75 Å². The van der Waals surface area contributed by atoms with Crippen LogP contribution in [0.1, 0.15) is 40.7 Å². The number of rotatable bonds is 12. The Morgan fingerprint density at radius 3 is 2.82 bits per heavy atom. The second-order valence-electron chi connectivity index (χ2n) is 10.9. The predicted molar refractivity (Wildman–Crippen MR) is 177 cm³/mol. The average Bonchev–Trinajstić information content (AvgIpc) is 3.40. The van der Waals surface area contributed by atoms with Crippen molar-refractivity contribution in [3.63, 3.8) is 0 Å². The van der Waals surface area contributed by atoms with E-state index >= 15 is 0 Å². The summed E-state index contributed by atoms with van der Waals surface area (Å²) in [7, 11) is 0. The van der Waals surface area contributed by atoms with E-state index in [9.17, 15) is 14.7 Å². The molecule has 1 aliphatic heterocycles. The molecule has 0 fully saturated rings. The summed E-state index contributed by atoms with van der Waals surface area (Å²) < 4.78 is 7.73. The number of benzene rings is 3. The van der Waals surface area contributed by atoms with Crippen LogP contribution >= 0.6 is 23.4 Å². The number of halogens is 1. The highest BCUT2D eigenvalue weighted by molar-refractivity contribution is 7.99. The second kappa shape index (κ2) is 15.4. The number of ether oxygens (including phenoxy) is 1. The third-order valence-corrected chi connectivity index (χ3v) is 9.18. The molecule has 1 aliphatic rings. The Bertz CT molecular complexity index is 1640. The number of aliphatic hydroxyl groups excluding tert-OH is 2. The summed E-state index contributed by atoms with van der Waals surface area (Å²) in [4.78, 5) is 28.9. The molecule has 0 bridgehead atoms. The van der Waals surface area contributed by atoms with Crippen molar-refractivity contribution in [1.29, 1.82) is 0 Å². The Balaban J connectivity index is 1.25. The summed E-state index contributed by atoms with van der Waals surface area (Å²) in [6, 6.07) is 18.9. The number of thioether (sulfide) groups is 1. The zero-order valence-corrected chi connectivity index (χ0v) is 26.7. The number of amides is 2. The summed E-state index contributed by atoms with van der Waals surface area (Å²) in [5, 5.41) is 26.4. The Kier molecular flexibility index (Phi) is 11.2. The first-order valence-corrected chi connectivity index (χ1v) is 16.3. The fraction of sp³-hybridized carbons (Fsp3) is 0.324. The molecule has 5 rings (SSSR count). The fourth-order valence-electron chi connectivity index (χ4n) is 5.14. The van der Waals surface area contributed by atoms with Crippen molar-refractivity contribution in [1.82, 2.24) is 15.1 Å². The van der Waals surface area contributed by atoms with Gasteiger partial charge in [0, 0.05) is 57.9 Å². The van der Waals surface area contributed by atoms with Crippen molar-refractivity contribution in [2.75, 3.05) is 37.0 Å². The lowest BCUT2D eigenvalue weighted by atomic mass is 10.1. The fourth-order valence-corrected chi connectivity index (χ4v) is 6.45. The van der Waals surface area contributed by atoms with E-state index in [1.807, 2.05) is 65.3 Å². The maximum absolute atomic E-state index is 13.4. The lowest BCUT2D eigenvalue weighted by molar-refractivity contribution is -0.118. The quantitative estimate of drug-likeness (QED) is 0.178. The van der Waals surface area contributed by atoms with Crippen molar-refractivity contribution in [3.05, 3.63) is 94.8 Å². The highest BCUT2D eigenvalue weighted by Gasteiger charge is 2.24. The number of nitrogens with zero attached hydrogens (tertiary/aromatic N) is 3. The van der Waals surface area contributed by atoms with E-state index in [4.69, 9.17) is 21.4 Å². The largest absolute Gasteiger partial charge is 0.493 e. The van der Waals surface area contributed by atoms with Crippen molar-refractivity contribution in [2.45, 2.75) is 43.7 Å². The van der Waals surface area contributed by atoms with Crippen LogP contribution in [0.3, 0.4) is 0 Å². The Morgan fingerprint density at radius 2 is 1.98 bits per heavy atom. The minimum atomic E-state index is -1.000. The van der Waals surface area contributed by atoms with Crippen molar-refractivity contribution < 1.29 is 24.5 Å². The smallest absolute Gasteiger partial charge is 0.251 e. The van der Waals surface area contributed by atoms with Gasteiger partial charge in [-0.05, 0) is 61.4 Å². The van der Waals surface area contributed by atoms with E-state index in [0.717, 1.165) is 50.8 Å². The molecular formula is C34H37ClN4O5S. The van der Waals surface area contributed by atoms with Gasteiger partial charge in [0.15, 0.2) is 0 Å². The number of anilines is 1. The molecule has 0 aliphatic carbocycles. The summed E-state index contributed by atoms with van der Waals surface area (Å²) in [5.74, 6) is 1.40. The van der Waals surface area contributed by atoms with E-state index in [-0.39, 0.29) is 18.4 Å². The Labute approximate surface area is 272 Å². The standard InChI is InChI=1S/C34H37ClN4O5S/c1-23-29(35)10-4-12-31(23)44-15-5-13-32(42)39-14-6-16-45-33-28(9-3-11-30(33)39)26-18-37-38(21-26)20-24-7-2-8-25(17-24)34(43)36-19-27(41)22-40/h2-4,7-12,17-18,21,27,40-41H,5-6,13-16,19-20,22H2,1H3,(H,36,43). The molecule has 0 radical (unpaired) electrons. The second-order valence-corrected chi connectivity index (χ2v) is 12.4. The number of carbonyl (C=O) groups is 2. The maximum Gasteiger partial charge on any atom is 0.251 e. The number of aliphatic hydroxyl groups is 2. The normalized spacial score (nSPS) is 13.6. The molecule has 1 unspecified atom stereocenters. The Hall–Kier alpha value is -3.83. The molecular weight excluding hydrogens is 612 g/mol. The third-order valence-electron chi connectivity index (χ3n) is 7.56. The number of nitrogens with one attached hydrogen (secondary N) is 1. The first kappa shape index (κ1) is 32.6. The molecule has 11 heteroatoms. The number of fused-ring (bicyclic) bond motifs is 1. The molecule has 4 aromatic rings. The highest BCUT2D eigenvalue weighted by Crippen LogP contribution is 2.41. The molecule has 3 aromatic carbocycles. The zero-order valence-electron chi connectivity index (χ0n) is 25.1. The number of aromatic nitrogens is 2. The summed E-state index contributed by atoms with van der Waals surface area (Å²) in [5.41, 5.74) is 5.15. The van der Waals surface area contributed by atoms with Gasteiger partial charge in [-0.1, -0.05) is 41.9 Å². The van der Waals surface area contributed by atoms with Gasteiger partial charge in [0.2, 0.25) is 5.91 Å². The predicted octanol–water partition coefficient (Wildman–Crippen LogP) is 5.33. The molecule has 2 amide bonds. The van der Waals surface area contributed by atoms with E-state index in [1.54, 1.807) is 30.0 Å². The summed E-state index contributed by atoms with van der Waals surface area (Å²) in [6.07, 6.45) is 4.68. The molecule has 0 spiro atoms. The number of carbonyl (C=O) groups excluding carboxylic acids is 2. The van der Waals surface area contributed by atoms with Crippen LogP contribution in [0.25, 0.3) is 11.1 Å². The molecule has 3 N–H and O–H groups in total. The third kappa shape index (κ3) is 8.26. The van der Waals surface area contributed by atoms with E-state index in [0.29, 0.717) is 43.1 Å². The SMILES string of the molecule is Cc1c(Cl)cccc1OCCCC(=O)N1CCCSc2c(-c3cnn(Cc4cccc(C(=O)NCC(O)CO)c4)c3)cccc21. The van der Waals surface area contributed by atoms with Crippen LogP contribution in [0.5, 0.6) is 5.75 Å². The van der Waals surface area contributed by atoms with Crippen molar-refractivity contribution in [3.8, 4) is 16.9 Å². The molecule has 236 valence electrons. The highest BCUT2D eigenvalue weighted by atomic mass is 35.5. The van der Waals surface area contributed by atoms with Gasteiger partial charge in [-0.2, -0.15) is 5.10 Å². The van der Waals surface area contributed by atoms with Crippen LogP contribution in [0.2, 0.25) is 5.02 Å². The average molecular weight is 649 g/mol. The van der Waals surface area contributed by atoms with Crippen LogP contribution in [-0.4, -0.2) is 70.0 Å². The topological polar surface area (TPSA) is 117 Å². The van der Waals surface area contributed by atoms with Crippen molar-refractivity contribution >= 4 is 40.9 Å². The van der Waals surface area contributed by atoms with Gasteiger partial charge in [-0.3, -0.25) is 14.3 Å². The van der Waals surface area contributed by atoms with Gasteiger partial charge >= 0.3 is 0 Å². The molecule has 9 nitrogen and oxygen atoms in total. The minimum absolute atomic E-state index is 0.0252. The van der Waals surface area contributed by atoms with Crippen LogP contribution in [0.15, 0.2) is 78.0 Å². The zero-order chi connectivity index (χ0) is 31.8. The molecule has 2 heterocycles. The van der Waals surface area contributed by atoms with Crippen LogP contribution in [0.4, 0.5) is 5.69 Å². The van der Waals surface area contributed by atoms with E-state index in [2.05, 4.69) is 16.5 Å². The first-order valence-electron chi connectivity index (χ1n) is 15.0. The molecule has 0 saturated carbocycles. The van der Waals surface area contributed by atoms with Gasteiger partial charge in [-0.15, -0.1) is 11.8 Å². The molecule has 45 heavy (non-hydrogen) atoms. The van der Waals surface area contributed by atoms with E-state index < -0.39 is 12.7 Å². The van der Waals surface area contributed by atoms with Crippen molar-refractivity contribution in [2.24, 2.45) is 0 Å². The maximum atomic E-state index is 13.4. The van der Waals surface area contributed by atoms with Crippen LogP contribution < -0.4 is 15.0 Å². The molecule has 0 saturated heterocycles. The molecule has 1 aromatic heterocycles. The Morgan fingerprint density at radius 1 is 1.16 bits per heavy atom. The first-order chi connectivity index (χ1) is 21.8. The monoisotopic (exact) mass is 648 g/mol.